The fraction of sp³-hybridized carbons (Fsp3) is 0.0833. The monoisotopic (exact) mass is 652 g/mol. The van der Waals surface area contributed by atoms with E-state index in [0.717, 1.165) is 14.3 Å². The number of hydrogen-bond acceptors (Lipinski definition) is 5. The van der Waals surface area contributed by atoms with Crippen molar-refractivity contribution in [2.24, 2.45) is 5.10 Å². The highest BCUT2D eigenvalue weighted by atomic mass is 79.9. The van der Waals surface area contributed by atoms with E-state index in [-0.39, 0.29) is 18.2 Å². The summed E-state index contributed by atoms with van der Waals surface area (Å²) in [7, 11) is 1.50. The maximum atomic E-state index is 13.9. The zero-order valence-electron chi connectivity index (χ0n) is 17.6. The molecule has 0 saturated carbocycles. The van der Waals surface area contributed by atoms with Gasteiger partial charge in [-0.25, -0.2) is 9.82 Å². The number of nitrogens with one attached hydrogen (secondary N) is 1. The van der Waals surface area contributed by atoms with E-state index < -0.39 is 5.91 Å². The molecular formula is C24H16Br3FN2O4. The first-order valence-electron chi connectivity index (χ1n) is 9.81. The van der Waals surface area contributed by atoms with E-state index in [1.54, 1.807) is 36.4 Å². The number of rotatable bonds is 7. The van der Waals surface area contributed by atoms with Crippen molar-refractivity contribution in [3.63, 3.8) is 0 Å². The van der Waals surface area contributed by atoms with Crippen LogP contribution in [-0.2, 0) is 6.61 Å². The molecule has 1 heterocycles. The van der Waals surface area contributed by atoms with Gasteiger partial charge in [0.2, 0.25) is 0 Å². The lowest BCUT2D eigenvalue weighted by molar-refractivity contribution is 0.0929. The zero-order chi connectivity index (χ0) is 24.2. The van der Waals surface area contributed by atoms with Crippen LogP contribution in [0.25, 0.3) is 11.0 Å². The number of halogens is 4. The fourth-order valence-corrected chi connectivity index (χ4v) is 4.86. The number of amides is 1. The highest BCUT2D eigenvalue weighted by Gasteiger charge is 2.15. The minimum Gasteiger partial charge on any atom is -0.493 e. The number of hydrogen-bond donors (Lipinski definition) is 1. The molecule has 0 aliphatic rings. The Hall–Kier alpha value is -2.69. The van der Waals surface area contributed by atoms with E-state index in [4.69, 9.17) is 13.9 Å². The average Bonchev–Trinajstić information content (AvgIpc) is 3.24. The summed E-state index contributed by atoms with van der Waals surface area (Å²) in [4.78, 5) is 12.5. The first-order chi connectivity index (χ1) is 16.4. The summed E-state index contributed by atoms with van der Waals surface area (Å²) in [6, 6.07) is 15.1. The molecule has 1 amide bonds. The first kappa shape index (κ1) is 24.4. The molecule has 6 nitrogen and oxygen atoms in total. The Bertz CT molecular complexity index is 1400. The molecule has 0 aliphatic carbocycles. The maximum absolute atomic E-state index is 13.9. The second-order valence-electron chi connectivity index (χ2n) is 7.02. The van der Waals surface area contributed by atoms with Gasteiger partial charge in [-0.2, -0.15) is 5.10 Å². The van der Waals surface area contributed by atoms with Gasteiger partial charge in [0.1, 0.15) is 18.0 Å². The van der Waals surface area contributed by atoms with Crippen LogP contribution >= 0.6 is 47.8 Å². The van der Waals surface area contributed by atoms with Crippen molar-refractivity contribution in [1.82, 2.24) is 5.43 Å². The third-order valence-electron chi connectivity index (χ3n) is 4.75. The minimum absolute atomic E-state index is 0.0448. The molecule has 0 spiro atoms. The lowest BCUT2D eigenvalue weighted by Gasteiger charge is -2.13. The van der Waals surface area contributed by atoms with Crippen LogP contribution in [0.1, 0.15) is 21.7 Å². The predicted molar refractivity (Wildman–Crippen MR) is 138 cm³/mol. The van der Waals surface area contributed by atoms with E-state index >= 15 is 0 Å². The molecule has 0 unspecified atom stereocenters. The molecule has 1 N–H and O–H groups in total. The van der Waals surface area contributed by atoms with Crippen molar-refractivity contribution < 1.29 is 23.1 Å². The van der Waals surface area contributed by atoms with Crippen LogP contribution in [0.2, 0.25) is 0 Å². The molecule has 34 heavy (non-hydrogen) atoms. The quantitative estimate of drug-likeness (QED) is 0.169. The lowest BCUT2D eigenvalue weighted by atomic mass is 10.2. The van der Waals surface area contributed by atoms with E-state index in [1.807, 2.05) is 12.1 Å². The Balaban J connectivity index is 1.47. The van der Waals surface area contributed by atoms with Gasteiger partial charge >= 0.3 is 5.91 Å². The molecule has 0 atom stereocenters. The summed E-state index contributed by atoms with van der Waals surface area (Å²) in [5.74, 6) is 0.144. The molecule has 0 aliphatic heterocycles. The summed E-state index contributed by atoms with van der Waals surface area (Å²) in [6.07, 6.45) is 1.46. The van der Waals surface area contributed by atoms with Gasteiger partial charge in [0.15, 0.2) is 17.3 Å². The molecular weight excluding hydrogens is 639 g/mol. The highest BCUT2D eigenvalue weighted by Crippen LogP contribution is 2.34. The van der Waals surface area contributed by atoms with E-state index in [9.17, 15) is 9.18 Å². The van der Waals surface area contributed by atoms with E-state index in [1.165, 1.54) is 19.4 Å². The van der Waals surface area contributed by atoms with Crippen molar-refractivity contribution in [3.8, 4) is 11.5 Å². The van der Waals surface area contributed by atoms with Crippen molar-refractivity contribution in [2.75, 3.05) is 7.11 Å². The Labute approximate surface area is 219 Å². The number of benzene rings is 3. The van der Waals surface area contributed by atoms with Crippen LogP contribution < -0.4 is 14.9 Å². The molecule has 0 radical (unpaired) electrons. The number of furan rings is 1. The molecule has 0 saturated heterocycles. The summed E-state index contributed by atoms with van der Waals surface area (Å²) in [5, 5.41) is 4.79. The molecule has 4 aromatic rings. The van der Waals surface area contributed by atoms with Crippen molar-refractivity contribution in [2.45, 2.75) is 6.61 Å². The van der Waals surface area contributed by atoms with Crippen LogP contribution in [0.4, 0.5) is 4.39 Å². The summed E-state index contributed by atoms with van der Waals surface area (Å²) >= 11 is 10.3. The van der Waals surface area contributed by atoms with Crippen molar-refractivity contribution in [3.05, 3.63) is 90.7 Å². The van der Waals surface area contributed by atoms with Crippen LogP contribution in [-0.4, -0.2) is 19.2 Å². The molecule has 174 valence electrons. The van der Waals surface area contributed by atoms with Crippen molar-refractivity contribution in [1.29, 1.82) is 0 Å². The average molecular weight is 655 g/mol. The number of fused-ring (bicyclic) bond motifs is 1. The van der Waals surface area contributed by atoms with Crippen LogP contribution in [0.15, 0.2) is 77.5 Å². The third-order valence-corrected chi connectivity index (χ3v) is 6.49. The number of hydrazone groups is 1. The maximum Gasteiger partial charge on any atom is 0.307 e. The van der Waals surface area contributed by atoms with E-state index in [2.05, 4.69) is 58.3 Å². The number of methoxy groups -OCH3 is 1. The summed E-state index contributed by atoms with van der Waals surface area (Å²) in [5.41, 5.74) is 4.08. The molecule has 3 aromatic carbocycles. The standard InChI is InChI=1S/C24H16Br3FN2O4/c1-32-20-8-15(17(26)10-21(20)33-12-13-4-2-3-5-19(13)28)11-29-30-24(31)22-7-14-6-16(25)9-18(27)23(14)34-22/h2-11H,12H2,1H3,(H,30,31)/b29-11-. The highest BCUT2D eigenvalue weighted by molar-refractivity contribution is 9.11. The number of ether oxygens (including phenoxy) is 2. The Morgan fingerprint density at radius 1 is 1.09 bits per heavy atom. The summed E-state index contributed by atoms with van der Waals surface area (Å²) in [6.45, 7) is 0.0448. The second kappa shape index (κ2) is 10.7. The van der Waals surface area contributed by atoms with Gasteiger partial charge in [-0.1, -0.05) is 34.1 Å². The number of carbonyl (C=O) groups is 1. The third kappa shape index (κ3) is 5.51. The van der Waals surface area contributed by atoms with Gasteiger partial charge in [-0.05, 0) is 68.3 Å². The van der Waals surface area contributed by atoms with Gasteiger partial charge < -0.3 is 13.9 Å². The lowest BCUT2D eigenvalue weighted by Crippen LogP contribution is -2.16. The van der Waals surface area contributed by atoms with Crippen LogP contribution in [0.3, 0.4) is 0 Å². The SMILES string of the molecule is COc1cc(/C=N\NC(=O)c2cc3cc(Br)cc(Br)c3o2)c(Br)cc1OCc1ccccc1F. The van der Waals surface area contributed by atoms with Gasteiger partial charge in [-0.15, -0.1) is 0 Å². The van der Waals surface area contributed by atoms with E-state index in [0.29, 0.717) is 32.7 Å². The van der Waals surface area contributed by atoms with Gasteiger partial charge in [-0.3, -0.25) is 4.79 Å². The summed E-state index contributed by atoms with van der Waals surface area (Å²) < 4.78 is 32.9. The fourth-order valence-electron chi connectivity index (χ4n) is 3.10. The largest absolute Gasteiger partial charge is 0.493 e. The predicted octanol–water partition coefficient (Wildman–Crippen LogP) is 7.21. The number of carbonyl (C=O) groups excluding carboxylic acids is 1. The van der Waals surface area contributed by atoms with Gasteiger partial charge in [0, 0.05) is 25.5 Å². The van der Waals surface area contributed by atoms with Crippen LogP contribution in [0.5, 0.6) is 11.5 Å². The minimum atomic E-state index is -0.497. The molecule has 0 fully saturated rings. The molecule has 4 rings (SSSR count). The molecule has 1 aromatic heterocycles. The first-order valence-corrected chi connectivity index (χ1v) is 12.2. The van der Waals surface area contributed by atoms with Gasteiger partial charge in [0.25, 0.3) is 0 Å². The van der Waals surface area contributed by atoms with Crippen LogP contribution in [0, 0.1) is 5.82 Å². The Morgan fingerprint density at radius 2 is 1.88 bits per heavy atom. The smallest absolute Gasteiger partial charge is 0.307 e. The topological polar surface area (TPSA) is 73.1 Å². The van der Waals surface area contributed by atoms with Gasteiger partial charge in [0.05, 0.1) is 17.8 Å². The molecule has 0 bridgehead atoms. The normalized spacial score (nSPS) is 11.2. The Kier molecular flexibility index (Phi) is 7.70. The Morgan fingerprint density at radius 3 is 2.65 bits per heavy atom. The molecule has 10 heteroatoms. The second-order valence-corrected chi connectivity index (χ2v) is 9.64. The van der Waals surface area contributed by atoms with Crippen molar-refractivity contribution >= 4 is 70.9 Å². The zero-order valence-corrected chi connectivity index (χ0v) is 22.3. The number of nitrogens with zero attached hydrogens (tertiary/aromatic N) is 1.